The predicted molar refractivity (Wildman–Crippen MR) is 51.3 cm³/mol. The number of carbonyl (C=O) groups is 1. The maximum Gasteiger partial charge on any atom is 0.295 e. The van der Waals surface area contributed by atoms with Crippen molar-refractivity contribution in [3.05, 3.63) is 0 Å². The Kier molecular flexibility index (Phi) is 10.9. The molecule has 0 aliphatic heterocycles. The molecule has 3 heteroatoms. The molecular weight excluding hydrogens is 168 g/mol. The topological polar surface area (TPSA) is 35.5 Å². The average molecular weight is 188 g/mol. The predicted octanol–water partition coefficient (Wildman–Crippen LogP) is 2.49. The summed E-state index contributed by atoms with van der Waals surface area (Å²) in [6, 6.07) is 0. The molecular formula is C10H20O3. The molecule has 3 nitrogen and oxygen atoms in total. The van der Waals surface area contributed by atoms with Crippen LogP contribution in [0.4, 0.5) is 0 Å². The first-order chi connectivity index (χ1) is 6.41. The zero-order chi connectivity index (χ0) is 9.78. The lowest BCUT2D eigenvalue weighted by molar-refractivity contribution is -0.140. The molecule has 0 aromatic heterocycles. The fourth-order valence-corrected chi connectivity index (χ4v) is 1.12. The minimum absolute atomic E-state index is 0.0957. The summed E-state index contributed by atoms with van der Waals surface area (Å²) in [6.07, 6.45) is 7.49. The first-order valence-electron chi connectivity index (χ1n) is 5.04. The van der Waals surface area contributed by atoms with Crippen LogP contribution >= 0.6 is 0 Å². The molecule has 0 rings (SSSR count). The fraction of sp³-hybridized carbons (Fsp3) is 0.900. The number of hydrogen-bond donors (Lipinski definition) is 0. The third kappa shape index (κ3) is 11.4. The summed E-state index contributed by atoms with van der Waals surface area (Å²) in [4.78, 5) is 9.71. The van der Waals surface area contributed by atoms with Crippen molar-refractivity contribution in [3.63, 3.8) is 0 Å². The molecule has 0 N–H and O–H groups in total. The average Bonchev–Trinajstić information content (AvgIpc) is 2.16. The van der Waals surface area contributed by atoms with Gasteiger partial charge in [-0.05, 0) is 6.42 Å². The highest BCUT2D eigenvalue weighted by Crippen LogP contribution is 2.04. The Bertz CT molecular complexity index is 104. The second-order valence-corrected chi connectivity index (χ2v) is 3.06. The molecule has 0 aromatic carbocycles. The van der Waals surface area contributed by atoms with Gasteiger partial charge in [0.1, 0.15) is 0 Å². The summed E-state index contributed by atoms with van der Waals surface area (Å²) in [5.74, 6) is 0. The van der Waals surface area contributed by atoms with Gasteiger partial charge in [0.15, 0.2) is 6.79 Å². The fourth-order valence-electron chi connectivity index (χ4n) is 1.12. The van der Waals surface area contributed by atoms with Crippen molar-refractivity contribution in [1.82, 2.24) is 0 Å². The van der Waals surface area contributed by atoms with E-state index in [1.807, 2.05) is 0 Å². The molecule has 0 fully saturated rings. The molecule has 0 radical (unpaired) electrons. The summed E-state index contributed by atoms with van der Waals surface area (Å²) >= 11 is 0. The van der Waals surface area contributed by atoms with Crippen LogP contribution in [0.5, 0.6) is 0 Å². The Balaban J connectivity index is 2.79. The smallest absolute Gasteiger partial charge is 0.295 e. The van der Waals surface area contributed by atoms with E-state index in [2.05, 4.69) is 11.7 Å². The van der Waals surface area contributed by atoms with Crippen LogP contribution < -0.4 is 0 Å². The molecule has 0 aromatic rings. The number of carbonyl (C=O) groups excluding carboxylic acids is 1. The number of hydrogen-bond acceptors (Lipinski definition) is 3. The van der Waals surface area contributed by atoms with Crippen LogP contribution in [0, 0.1) is 0 Å². The van der Waals surface area contributed by atoms with Crippen LogP contribution in [-0.2, 0) is 14.3 Å². The maximum atomic E-state index is 9.71. The summed E-state index contributed by atoms with van der Waals surface area (Å²) in [6.45, 7) is 3.40. The highest BCUT2D eigenvalue weighted by molar-refractivity contribution is 5.36. The molecule has 0 saturated heterocycles. The van der Waals surface area contributed by atoms with E-state index in [1.54, 1.807) is 0 Å². The normalized spacial score (nSPS) is 9.92. The lowest BCUT2D eigenvalue weighted by Crippen LogP contribution is -1.99. The Morgan fingerprint density at radius 3 is 2.46 bits per heavy atom. The Morgan fingerprint density at radius 1 is 1.08 bits per heavy atom. The Morgan fingerprint density at radius 2 is 1.77 bits per heavy atom. The summed E-state index contributed by atoms with van der Waals surface area (Å²) < 4.78 is 9.40. The van der Waals surface area contributed by atoms with E-state index in [-0.39, 0.29) is 6.79 Å². The van der Waals surface area contributed by atoms with Gasteiger partial charge in [-0.1, -0.05) is 39.0 Å². The standard InChI is InChI=1S/C10H20O3/c1-2-3-4-5-6-7-8-12-10-13-9-11/h9H,2-8,10H2,1H3. The summed E-state index contributed by atoms with van der Waals surface area (Å²) in [7, 11) is 0. The lowest BCUT2D eigenvalue weighted by Gasteiger charge is -2.02. The highest BCUT2D eigenvalue weighted by Gasteiger charge is 1.90. The molecule has 13 heavy (non-hydrogen) atoms. The van der Waals surface area contributed by atoms with Crippen LogP contribution in [0.25, 0.3) is 0 Å². The van der Waals surface area contributed by atoms with Crippen molar-refractivity contribution >= 4 is 6.47 Å². The largest absolute Gasteiger partial charge is 0.441 e. The van der Waals surface area contributed by atoms with Crippen molar-refractivity contribution in [1.29, 1.82) is 0 Å². The lowest BCUT2D eigenvalue weighted by atomic mass is 10.1. The van der Waals surface area contributed by atoms with Gasteiger partial charge in [-0.3, -0.25) is 4.79 Å². The highest BCUT2D eigenvalue weighted by atomic mass is 16.7. The van der Waals surface area contributed by atoms with Crippen molar-refractivity contribution in [2.75, 3.05) is 13.4 Å². The van der Waals surface area contributed by atoms with Crippen LogP contribution in [0.2, 0.25) is 0 Å². The van der Waals surface area contributed by atoms with E-state index in [0.29, 0.717) is 13.1 Å². The number of ether oxygens (including phenoxy) is 2. The van der Waals surface area contributed by atoms with E-state index in [0.717, 1.165) is 6.42 Å². The molecule has 0 aliphatic rings. The van der Waals surface area contributed by atoms with Gasteiger partial charge in [0, 0.05) is 0 Å². The number of rotatable bonds is 10. The molecule has 0 spiro atoms. The minimum Gasteiger partial charge on any atom is -0.441 e. The van der Waals surface area contributed by atoms with Gasteiger partial charge < -0.3 is 9.47 Å². The molecule has 0 saturated carbocycles. The van der Waals surface area contributed by atoms with Crippen LogP contribution in [0.3, 0.4) is 0 Å². The van der Waals surface area contributed by atoms with Gasteiger partial charge in [0.25, 0.3) is 6.47 Å². The van der Waals surface area contributed by atoms with Crippen molar-refractivity contribution in [2.45, 2.75) is 45.4 Å². The van der Waals surface area contributed by atoms with E-state index >= 15 is 0 Å². The molecule has 0 bridgehead atoms. The van der Waals surface area contributed by atoms with Gasteiger partial charge in [-0.2, -0.15) is 0 Å². The molecule has 0 amide bonds. The van der Waals surface area contributed by atoms with Crippen LogP contribution in [0.1, 0.15) is 45.4 Å². The second-order valence-electron chi connectivity index (χ2n) is 3.06. The van der Waals surface area contributed by atoms with Crippen LogP contribution in [-0.4, -0.2) is 19.9 Å². The second kappa shape index (κ2) is 11.4. The van der Waals surface area contributed by atoms with E-state index < -0.39 is 0 Å². The molecule has 78 valence electrons. The monoisotopic (exact) mass is 188 g/mol. The summed E-state index contributed by atoms with van der Waals surface area (Å²) in [5.41, 5.74) is 0. The third-order valence-corrected chi connectivity index (χ3v) is 1.86. The number of unbranched alkanes of at least 4 members (excludes halogenated alkanes) is 5. The van der Waals surface area contributed by atoms with Crippen molar-refractivity contribution in [2.24, 2.45) is 0 Å². The van der Waals surface area contributed by atoms with Crippen LogP contribution in [0.15, 0.2) is 0 Å². The van der Waals surface area contributed by atoms with Gasteiger partial charge in [-0.15, -0.1) is 0 Å². The van der Waals surface area contributed by atoms with E-state index in [4.69, 9.17) is 4.74 Å². The molecule has 0 atom stereocenters. The quantitative estimate of drug-likeness (QED) is 0.300. The molecule has 0 aliphatic carbocycles. The first-order valence-corrected chi connectivity index (χ1v) is 5.04. The zero-order valence-electron chi connectivity index (χ0n) is 8.46. The Labute approximate surface area is 80.4 Å². The van der Waals surface area contributed by atoms with Gasteiger partial charge >= 0.3 is 0 Å². The third-order valence-electron chi connectivity index (χ3n) is 1.86. The van der Waals surface area contributed by atoms with E-state index in [9.17, 15) is 4.79 Å². The summed E-state index contributed by atoms with van der Waals surface area (Å²) in [5, 5.41) is 0. The molecule has 0 unspecified atom stereocenters. The van der Waals surface area contributed by atoms with E-state index in [1.165, 1.54) is 32.1 Å². The van der Waals surface area contributed by atoms with Gasteiger partial charge in [0.05, 0.1) is 6.61 Å². The van der Waals surface area contributed by atoms with Gasteiger partial charge in [0.2, 0.25) is 0 Å². The SMILES string of the molecule is CCCCCCCCOCOC=O. The maximum absolute atomic E-state index is 9.71. The van der Waals surface area contributed by atoms with Crippen molar-refractivity contribution < 1.29 is 14.3 Å². The minimum atomic E-state index is 0.0957. The van der Waals surface area contributed by atoms with Crippen molar-refractivity contribution in [3.8, 4) is 0 Å². The Hall–Kier alpha value is -0.570. The zero-order valence-corrected chi connectivity index (χ0v) is 8.46. The van der Waals surface area contributed by atoms with Gasteiger partial charge in [-0.25, -0.2) is 0 Å². The molecule has 0 heterocycles. The first kappa shape index (κ1) is 12.4.